The van der Waals surface area contributed by atoms with Crippen LogP contribution in [-0.2, 0) is 9.53 Å². The van der Waals surface area contributed by atoms with Gasteiger partial charge in [-0.25, -0.2) is 0 Å². The van der Waals surface area contributed by atoms with Crippen molar-refractivity contribution in [2.75, 3.05) is 20.2 Å². The van der Waals surface area contributed by atoms with Gasteiger partial charge in [0, 0.05) is 6.04 Å². The second kappa shape index (κ2) is 6.39. The Morgan fingerprint density at radius 2 is 1.59 bits per heavy atom. The summed E-state index contributed by atoms with van der Waals surface area (Å²) in [4.78, 5) is 14.1. The molecule has 0 aromatic rings. The van der Waals surface area contributed by atoms with E-state index in [9.17, 15) is 4.79 Å². The van der Waals surface area contributed by atoms with Crippen LogP contribution >= 0.6 is 0 Å². The number of hydrogen-bond acceptors (Lipinski definition) is 3. The molecule has 3 heteroatoms. The van der Waals surface area contributed by atoms with Gasteiger partial charge in [-0.15, -0.1) is 0 Å². The summed E-state index contributed by atoms with van der Waals surface area (Å²) in [5.41, 5.74) is 0. The highest BCUT2D eigenvalue weighted by molar-refractivity contribution is 5.72. The van der Waals surface area contributed by atoms with E-state index >= 15 is 0 Å². The lowest BCUT2D eigenvalue weighted by molar-refractivity contribution is -0.146. The van der Waals surface area contributed by atoms with Crippen molar-refractivity contribution in [3.63, 3.8) is 0 Å². The van der Waals surface area contributed by atoms with Crippen LogP contribution in [0.2, 0.25) is 0 Å². The van der Waals surface area contributed by atoms with Gasteiger partial charge >= 0.3 is 5.97 Å². The van der Waals surface area contributed by atoms with Crippen molar-refractivity contribution in [2.45, 2.75) is 57.4 Å². The standard InChI is InChI=1S/C14H25NO2/c1-17-14(16)12-6-8-13(9-7-12)15-10-4-2-3-5-11-15/h12-13H,2-11H2,1H3. The third-order valence-corrected chi connectivity index (χ3v) is 4.39. The van der Waals surface area contributed by atoms with E-state index in [1.54, 1.807) is 0 Å². The number of methoxy groups -OCH3 is 1. The van der Waals surface area contributed by atoms with Crippen molar-refractivity contribution in [3.8, 4) is 0 Å². The molecular weight excluding hydrogens is 214 g/mol. The van der Waals surface area contributed by atoms with E-state index in [2.05, 4.69) is 4.90 Å². The minimum atomic E-state index is -0.000633. The Hall–Kier alpha value is -0.570. The average molecular weight is 239 g/mol. The third kappa shape index (κ3) is 3.44. The summed E-state index contributed by atoms with van der Waals surface area (Å²) < 4.78 is 4.84. The largest absolute Gasteiger partial charge is 0.469 e. The molecular formula is C14H25NO2. The van der Waals surface area contributed by atoms with Gasteiger partial charge in [0.2, 0.25) is 0 Å². The van der Waals surface area contributed by atoms with Crippen LogP contribution in [0, 0.1) is 5.92 Å². The van der Waals surface area contributed by atoms with Gasteiger partial charge in [-0.05, 0) is 51.6 Å². The summed E-state index contributed by atoms with van der Waals surface area (Å²) in [5, 5.41) is 0. The second-order valence-corrected chi connectivity index (χ2v) is 5.48. The summed E-state index contributed by atoms with van der Waals surface area (Å²) in [6, 6.07) is 0.731. The minimum absolute atomic E-state index is 0.000633. The molecule has 0 spiro atoms. The molecule has 2 rings (SSSR count). The smallest absolute Gasteiger partial charge is 0.308 e. The summed E-state index contributed by atoms with van der Waals surface area (Å²) in [5.74, 6) is 0.169. The Morgan fingerprint density at radius 1 is 1.00 bits per heavy atom. The molecule has 1 heterocycles. The first-order valence-corrected chi connectivity index (χ1v) is 7.13. The van der Waals surface area contributed by atoms with Gasteiger partial charge in [-0.1, -0.05) is 12.8 Å². The van der Waals surface area contributed by atoms with Crippen LogP contribution in [0.25, 0.3) is 0 Å². The maximum Gasteiger partial charge on any atom is 0.308 e. The Kier molecular flexibility index (Phi) is 4.84. The van der Waals surface area contributed by atoms with E-state index in [4.69, 9.17) is 4.74 Å². The van der Waals surface area contributed by atoms with Gasteiger partial charge in [0.25, 0.3) is 0 Å². The molecule has 1 saturated heterocycles. The normalized spacial score (nSPS) is 31.8. The Bertz CT molecular complexity index is 239. The number of likely N-dealkylation sites (tertiary alicyclic amines) is 1. The van der Waals surface area contributed by atoms with Crippen LogP contribution in [0.15, 0.2) is 0 Å². The van der Waals surface area contributed by atoms with Gasteiger partial charge < -0.3 is 9.64 Å². The minimum Gasteiger partial charge on any atom is -0.469 e. The zero-order chi connectivity index (χ0) is 12.1. The quantitative estimate of drug-likeness (QED) is 0.694. The molecule has 0 N–H and O–H groups in total. The summed E-state index contributed by atoms with van der Waals surface area (Å²) in [7, 11) is 1.50. The van der Waals surface area contributed by atoms with Crippen molar-refractivity contribution >= 4 is 5.97 Å². The van der Waals surface area contributed by atoms with Crippen molar-refractivity contribution < 1.29 is 9.53 Å². The van der Waals surface area contributed by atoms with Gasteiger partial charge in [0.15, 0.2) is 0 Å². The van der Waals surface area contributed by atoms with E-state index in [0.29, 0.717) is 0 Å². The Morgan fingerprint density at radius 3 is 2.12 bits per heavy atom. The van der Waals surface area contributed by atoms with Crippen LogP contribution in [0.5, 0.6) is 0 Å². The van der Waals surface area contributed by atoms with Crippen LogP contribution in [0.1, 0.15) is 51.4 Å². The highest BCUT2D eigenvalue weighted by Gasteiger charge is 2.29. The Balaban J connectivity index is 1.79. The number of carbonyl (C=O) groups is 1. The second-order valence-electron chi connectivity index (χ2n) is 5.48. The van der Waals surface area contributed by atoms with Crippen LogP contribution < -0.4 is 0 Å². The lowest BCUT2D eigenvalue weighted by Gasteiger charge is -2.35. The van der Waals surface area contributed by atoms with E-state index in [0.717, 1.165) is 18.9 Å². The van der Waals surface area contributed by atoms with Gasteiger partial charge in [0.1, 0.15) is 0 Å². The maximum absolute atomic E-state index is 11.5. The van der Waals surface area contributed by atoms with Gasteiger partial charge in [-0.2, -0.15) is 0 Å². The van der Waals surface area contributed by atoms with E-state index in [1.165, 1.54) is 58.7 Å². The molecule has 1 aliphatic carbocycles. The molecule has 1 aliphatic heterocycles. The monoisotopic (exact) mass is 239 g/mol. The van der Waals surface area contributed by atoms with Gasteiger partial charge in [-0.3, -0.25) is 4.79 Å². The zero-order valence-electron chi connectivity index (χ0n) is 11.0. The molecule has 0 bridgehead atoms. The molecule has 1 saturated carbocycles. The molecule has 98 valence electrons. The van der Waals surface area contributed by atoms with Crippen molar-refractivity contribution in [1.29, 1.82) is 0 Å². The molecule has 0 atom stereocenters. The number of nitrogens with zero attached hydrogens (tertiary/aromatic N) is 1. The number of esters is 1. The number of rotatable bonds is 2. The van der Waals surface area contributed by atoms with Crippen molar-refractivity contribution in [2.24, 2.45) is 5.92 Å². The molecule has 0 unspecified atom stereocenters. The van der Waals surface area contributed by atoms with E-state index in [-0.39, 0.29) is 11.9 Å². The van der Waals surface area contributed by atoms with E-state index in [1.807, 2.05) is 0 Å². The molecule has 3 nitrogen and oxygen atoms in total. The molecule has 0 radical (unpaired) electrons. The molecule has 2 aliphatic rings. The first-order chi connectivity index (χ1) is 8.31. The van der Waals surface area contributed by atoms with Crippen molar-refractivity contribution in [1.82, 2.24) is 4.90 Å². The molecule has 0 amide bonds. The highest BCUT2D eigenvalue weighted by Crippen LogP contribution is 2.29. The summed E-state index contributed by atoms with van der Waals surface area (Å²) in [6.45, 7) is 2.54. The molecule has 2 fully saturated rings. The van der Waals surface area contributed by atoms with E-state index < -0.39 is 0 Å². The lowest BCUT2D eigenvalue weighted by atomic mass is 9.85. The average Bonchev–Trinajstić information content (AvgIpc) is 2.67. The SMILES string of the molecule is COC(=O)C1CCC(N2CCCCCC2)CC1. The predicted octanol–water partition coefficient (Wildman–Crippen LogP) is 2.59. The number of carbonyl (C=O) groups excluding carboxylic acids is 1. The topological polar surface area (TPSA) is 29.5 Å². The van der Waals surface area contributed by atoms with Crippen LogP contribution in [-0.4, -0.2) is 37.1 Å². The lowest BCUT2D eigenvalue weighted by Crippen LogP contribution is -2.39. The zero-order valence-corrected chi connectivity index (χ0v) is 11.0. The first-order valence-electron chi connectivity index (χ1n) is 7.13. The Labute approximate surface area is 105 Å². The fraction of sp³-hybridized carbons (Fsp3) is 0.929. The van der Waals surface area contributed by atoms with Crippen molar-refractivity contribution in [3.05, 3.63) is 0 Å². The first kappa shape index (κ1) is 12.9. The van der Waals surface area contributed by atoms with Crippen LogP contribution in [0.4, 0.5) is 0 Å². The molecule has 0 aromatic carbocycles. The van der Waals surface area contributed by atoms with Crippen LogP contribution in [0.3, 0.4) is 0 Å². The van der Waals surface area contributed by atoms with Gasteiger partial charge in [0.05, 0.1) is 13.0 Å². The maximum atomic E-state index is 11.5. The predicted molar refractivity (Wildman–Crippen MR) is 67.8 cm³/mol. The fourth-order valence-electron chi connectivity index (χ4n) is 3.30. The number of ether oxygens (including phenoxy) is 1. The summed E-state index contributed by atoms with van der Waals surface area (Å²) in [6.07, 6.45) is 9.91. The third-order valence-electron chi connectivity index (χ3n) is 4.39. The molecule has 0 aromatic heterocycles. The number of hydrogen-bond donors (Lipinski definition) is 0. The molecule has 17 heavy (non-hydrogen) atoms. The highest BCUT2D eigenvalue weighted by atomic mass is 16.5. The fourth-order valence-corrected chi connectivity index (χ4v) is 3.30. The summed E-state index contributed by atoms with van der Waals surface area (Å²) >= 11 is 0.